The fourth-order valence-corrected chi connectivity index (χ4v) is 3.46. The van der Waals surface area contributed by atoms with Gasteiger partial charge in [0.25, 0.3) is 0 Å². The van der Waals surface area contributed by atoms with E-state index in [1.807, 2.05) is 0 Å². The number of rotatable bonds is 5. The molecule has 0 amide bonds. The Hall–Kier alpha value is -0.930. The van der Waals surface area contributed by atoms with E-state index >= 15 is 0 Å². The molecule has 1 aliphatic heterocycles. The quantitative estimate of drug-likeness (QED) is 0.894. The van der Waals surface area contributed by atoms with Crippen molar-refractivity contribution in [1.29, 1.82) is 0 Å². The van der Waals surface area contributed by atoms with E-state index in [4.69, 9.17) is 4.98 Å². The summed E-state index contributed by atoms with van der Waals surface area (Å²) in [5.41, 5.74) is 2.36. The van der Waals surface area contributed by atoms with E-state index in [-0.39, 0.29) is 0 Å². The molecule has 1 aromatic heterocycles. The van der Waals surface area contributed by atoms with Crippen LogP contribution >= 0.6 is 0 Å². The average Bonchev–Trinajstić information content (AvgIpc) is 3.24. The molecule has 1 N–H and O–H groups in total. The first kappa shape index (κ1) is 14.0. The van der Waals surface area contributed by atoms with Crippen LogP contribution in [0.2, 0.25) is 0 Å². The largest absolute Gasteiger partial charge is 0.311 e. The zero-order chi connectivity index (χ0) is 13.9. The Morgan fingerprint density at radius 1 is 1.35 bits per heavy atom. The Bertz CT molecular complexity index is 442. The van der Waals surface area contributed by atoms with Crippen molar-refractivity contribution >= 4 is 0 Å². The molecule has 2 unspecified atom stereocenters. The van der Waals surface area contributed by atoms with E-state index < -0.39 is 0 Å². The number of piperazine rings is 1. The molecule has 1 saturated heterocycles. The molecular weight excluding hydrogens is 246 g/mol. The highest BCUT2D eigenvalue weighted by Crippen LogP contribution is 2.36. The van der Waals surface area contributed by atoms with Crippen LogP contribution in [0, 0.1) is 12.8 Å². The molecular formula is C17H27N3. The summed E-state index contributed by atoms with van der Waals surface area (Å²) in [6.07, 6.45) is 5.39. The third kappa shape index (κ3) is 3.39. The van der Waals surface area contributed by atoms with Crippen LogP contribution in [-0.4, -0.2) is 35.1 Å². The minimum atomic E-state index is 0.666. The van der Waals surface area contributed by atoms with Crippen LogP contribution in [0.4, 0.5) is 0 Å². The van der Waals surface area contributed by atoms with E-state index in [1.165, 1.54) is 44.5 Å². The van der Waals surface area contributed by atoms with Gasteiger partial charge in [0.15, 0.2) is 0 Å². The summed E-state index contributed by atoms with van der Waals surface area (Å²) in [4.78, 5) is 7.38. The Morgan fingerprint density at radius 2 is 2.20 bits per heavy atom. The van der Waals surface area contributed by atoms with Crippen LogP contribution in [0.25, 0.3) is 0 Å². The third-order valence-corrected chi connectivity index (χ3v) is 4.65. The number of pyridine rings is 1. The smallest absolute Gasteiger partial charge is 0.0547 e. The molecule has 2 aliphatic rings. The molecule has 1 aromatic rings. The van der Waals surface area contributed by atoms with Crippen molar-refractivity contribution in [1.82, 2.24) is 15.2 Å². The van der Waals surface area contributed by atoms with E-state index in [0.717, 1.165) is 24.2 Å². The molecule has 0 spiro atoms. The Kier molecular flexibility index (Phi) is 4.37. The van der Waals surface area contributed by atoms with Crippen molar-refractivity contribution in [2.45, 2.75) is 58.2 Å². The summed E-state index contributed by atoms with van der Waals surface area (Å²) in [7, 11) is 0. The lowest BCUT2D eigenvalue weighted by Gasteiger charge is -2.40. The van der Waals surface area contributed by atoms with Crippen molar-refractivity contribution in [3.63, 3.8) is 0 Å². The van der Waals surface area contributed by atoms with E-state index in [1.54, 1.807) is 0 Å². The number of aryl methyl sites for hydroxylation is 1. The maximum absolute atomic E-state index is 4.69. The molecule has 3 heteroatoms. The second kappa shape index (κ2) is 6.23. The van der Waals surface area contributed by atoms with E-state index in [2.05, 4.69) is 42.3 Å². The van der Waals surface area contributed by atoms with Crippen LogP contribution in [0.3, 0.4) is 0 Å². The van der Waals surface area contributed by atoms with Crippen molar-refractivity contribution < 1.29 is 0 Å². The zero-order valence-electron chi connectivity index (χ0n) is 12.8. The minimum absolute atomic E-state index is 0.666. The van der Waals surface area contributed by atoms with E-state index in [0.29, 0.717) is 6.04 Å². The minimum Gasteiger partial charge on any atom is -0.311 e. The molecule has 110 valence electrons. The summed E-state index contributed by atoms with van der Waals surface area (Å²) in [6, 6.07) is 7.79. The lowest BCUT2D eigenvalue weighted by molar-refractivity contribution is 0.103. The second-order valence-corrected chi connectivity index (χ2v) is 6.50. The van der Waals surface area contributed by atoms with Gasteiger partial charge in [-0.25, -0.2) is 0 Å². The van der Waals surface area contributed by atoms with Gasteiger partial charge in [0, 0.05) is 37.4 Å². The monoisotopic (exact) mass is 273 g/mol. The van der Waals surface area contributed by atoms with Gasteiger partial charge in [0.2, 0.25) is 0 Å². The van der Waals surface area contributed by atoms with Crippen molar-refractivity contribution in [3.05, 3.63) is 29.6 Å². The average molecular weight is 273 g/mol. The number of hydrogen-bond acceptors (Lipinski definition) is 3. The topological polar surface area (TPSA) is 28.2 Å². The lowest BCUT2D eigenvalue weighted by Crippen LogP contribution is -2.56. The summed E-state index contributed by atoms with van der Waals surface area (Å²) in [5, 5.41) is 3.76. The third-order valence-electron chi connectivity index (χ3n) is 4.65. The van der Waals surface area contributed by atoms with Crippen LogP contribution in [0.5, 0.6) is 0 Å². The fraction of sp³-hybridized carbons (Fsp3) is 0.706. The van der Waals surface area contributed by atoms with Gasteiger partial charge in [0.1, 0.15) is 0 Å². The molecule has 20 heavy (non-hydrogen) atoms. The highest BCUT2D eigenvalue weighted by molar-refractivity contribution is 5.10. The van der Waals surface area contributed by atoms with Crippen LogP contribution in [-0.2, 0) is 6.54 Å². The van der Waals surface area contributed by atoms with Gasteiger partial charge in [-0.3, -0.25) is 9.88 Å². The Labute approximate surface area is 122 Å². The van der Waals surface area contributed by atoms with Gasteiger partial charge in [-0.2, -0.15) is 0 Å². The first-order valence-electron chi connectivity index (χ1n) is 8.16. The summed E-state index contributed by atoms with van der Waals surface area (Å²) in [5.74, 6) is 0.926. The van der Waals surface area contributed by atoms with Crippen molar-refractivity contribution in [2.24, 2.45) is 5.92 Å². The molecule has 3 rings (SSSR count). The van der Waals surface area contributed by atoms with Gasteiger partial charge >= 0.3 is 0 Å². The van der Waals surface area contributed by atoms with Crippen LogP contribution in [0.15, 0.2) is 18.2 Å². The molecule has 1 saturated carbocycles. The summed E-state index contributed by atoms with van der Waals surface area (Å²) >= 11 is 0. The highest BCUT2D eigenvalue weighted by Gasteiger charge is 2.38. The molecule has 2 heterocycles. The second-order valence-electron chi connectivity index (χ2n) is 6.50. The van der Waals surface area contributed by atoms with Crippen LogP contribution in [0.1, 0.15) is 44.0 Å². The molecule has 2 atom stereocenters. The molecule has 2 fully saturated rings. The summed E-state index contributed by atoms with van der Waals surface area (Å²) < 4.78 is 0. The standard InChI is InChI=1S/C17H27N3/c1-3-5-15-11-20(17(10-18-15)14-8-9-14)12-16-7-4-6-13(2)19-16/h4,6-7,14-15,17-18H,3,5,8-12H2,1-2H3. The summed E-state index contributed by atoms with van der Waals surface area (Å²) in [6.45, 7) is 7.73. The number of hydrogen-bond donors (Lipinski definition) is 1. The van der Waals surface area contributed by atoms with E-state index in [9.17, 15) is 0 Å². The SMILES string of the molecule is CCCC1CN(Cc2cccc(C)n2)C(C2CC2)CN1. The van der Waals surface area contributed by atoms with Crippen molar-refractivity contribution in [3.8, 4) is 0 Å². The Balaban J connectivity index is 1.68. The number of aromatic nitrogens is 1. The zero-order valence-corrected chi connectivity index (χ0v) is 12.8. The van der Waals surface area contributed by atoms with Gasteiger partial charge in [0.05, 0.1) is 5.69 Å². The van der Waals surface area contributed by atoms with Gasteiger partial charge in [-0.1, -0.05) is 19.4 Å². The molecule has 0 radical (unpaired) electrons. The molecule has 0 aromatic carbocycles. The molecule has 3 nitrogen and oxygen atoms in total. The predicted octanol–water partition coefficient (Wildman–Crippen LogP) is 2.74. The van der Waals surface area contributed by atoms with Gasteiger partial charge < -0.3 is 5.32 Å². The fourth-order valence-electron chi connectivity index (χ4n) is 3.46. The number of nitrogens with one attached hydrogen (secondary N) is 1. The molecule has 0 bridgehead atoms. The maximum Gasteiger partial charge on any atom is 0.0547 e. The van der Waals surface area contributed by atoms with Crippen molar-refractivity contribution in [2.75, 3.05) is 13.1 Å². The lowest BCUT2D eigenvalue weighted by atomic mass is 10.0. The van der Waals surface area contributed by atoms with Gasteiger partial charge in [-0.05, 0) is 44.2 Å². The van der Waals surface area contributed by atoms with Gasteiger partial charge in [-0.15, -0.1) is 0 Å². The molecule has 1 aliphatic carbocycles. The highest BCUT2D eigenvalue weighted by atomic mass is 15.2. The maximum atomic E-state index is 4.69. The normalized spacial score (nSPS) is 27.7. The number of nitrogens with zero attached hydrogens (tertiary/aromatic N) is 2. The predicted molar refractivity (Wildman–Crippen MR) is 82.6 cm³/mol. The van der Waals surface area contributed by atoms with Crippen LogP contribution < -0.4 is 5.32 Å². The first-order chi connectivity index (χ1) is 9.76. The first-order valence-corrected chi connectivity index (χ1v) is 8.16. The Morgan fingerprint density at radius 3 is 2.90 bits per heavy atom.